The normalized spacial score (nSPS) is 13.1. The molecular formula is C29H28F2NO3P. The molecule has 0 amide bonds. The molecule has 1 atom stereocenters. The van der Waals surface area contributed by atoms with Crippen LogP contribution >= 0.6 is 7.60 Å². The lowest BCUT2D eigenvalue weighted by molar-refractivity contribution is 0.274. The lowest BCUT2D eigenvalue weighted by atomic mass is 9.93. The van der Waals surface area contributed by atoms with Gasteiger partial charge in [-0.25, -0.2) is 13.8 Å². The van der Waals surface area contributed by atoms with Crippen LogP contribution in [0.5, 0.6) is 0 Å². The number of aromatic nitrogens is 1. The highest BCUT2D eigenvalue weighted by Crippen LogP contribution is 2.42. The van der Waals surface area contributed by atoms with Crippen molar-refractivity contribution in [2.75, 3.05) is 12.8 Å². The maximum Gasteiger partial charge on any atom is 0.328 e. The third kappa shape index (κ3) is 5.46. The molecule has 1 N–H and O–H groups in total. The summed E-state index contributed by atoms with van der Waals surface area (Å²) in [5, 5.41) is 0.719. The largest absolute Gasteiger partial charge is 0.328 e. The van der Waals surface area contributed by atoms with E-state index in [9.17, 15) is 18.2 Å². The van der Waals surface area contributed by atoms with Crippen molar-refractivity contribution in [3.8, 4) is 22.4 Å². The van der Waals surface area contributed by atoms with E-state index < -0.39 is 7.60 Å². The van der Waals surface area contributed by atoms with Gasteiger partial charge in [-0.2, -0.15) is 0 Å². The van der Waals surface area contributed by atoms with Crippen molar-refractivity contribution >= 4 is 24.1 Å². The highest BCUT2D eigenvalue weighted by atomic mass is 31.2. The van der Waals surface area contributed by atoms with E-state index in [4.69, 9.17) is 9.51 Å². The molecule has 7 heteroatoms. The highest BCUT2D eigenvalue weighted by molar-refractivity contribution is 7.52. The zero-order valence-corrected chi connectivity index (χ0v) is 21.4. The first kappa shape index (κ1) is 25.9. The van der Waals surface area contributed by atoms with Crippen molar-refractivity contribution in [3.63, 3.8) is 0 Å². The molecule has 4 aromatic rings. The summed E-state index contributed by atoms with van der Waals surface area (Å²) in [5.74, 6) is -0.706. The second kappa shape index (κ2) is 10.4. The van der Waals surface area contributed by atoms with E-state index in [0.29, 0.717) is 23.1 Å². The Kier molecular flexibility index (Phi) is 7.51. The van der Waals surface area contributed by atoms with E-state index in [1.54, 1.807) is 25.1 Å². The molecule has 0 bridgehead atoms. The number of pyridine rings is 1. The van der Waals surface area contributed by atoms with E-state index in [0.717, 1.165) is 38.9 Å². The first-order valence-electron chi connectivity index (χ1n) is 11.7. The van der Waals surface area contributed by atoms with Crippen LogP contribution in [0.25, 0.3) is 38.9 Å². The molecule has 36 heavy (non-hydrogen) atoms. The van der Waals surface area contributed by atoms with Crippen molar-refractivity contribution in [2.45, 2.75) is 27.2 Å². The molecule has 0 saturated carbocycles. The van der Waals surface area contributed by atoms with Crippen LogP contribution in [0.4, 0.5) is 8.78 Å². The van der Waals surface area contributed by atoms with Crippen LogP contribution < -0.4 is 0 Å². The Labute approximate surface area is 209 Å². The second-order valence-corrected chi connectivity index (χ2v) is 10.8. The fourth-order valence-electron chi connectivity index (χ4n) is 4.46. The molecule has 1 unspecified atom stereocenters. The fraction of sp³-hybridized carbons (Fsp3) is 0.207. The summed E-state index contributed by atoms with van der Waals surface area (Å²) in [5.41, 5.74) is 6.68. The van der Waals surface area contributed by atoms with Gasteiger partial charge in [-0.15, -0.1) is 0 Å². The van der Waals surface area contributed by atoms with Crippen LogP contribution in [-0.2, 0) is 15.5 Å². The van der Waals surface area contributed by atoms with Crippen molar-refractivity contribution in [2.24, 2.45) is 0 Å². The van der Waals surface area contributed by atoms with E-state index in [2.05, 4.69) is 6.58 Å². The third-order valence-corrected chi connectivity index (χ3v) is 7.58. The topological polar surface area (TPSA) is 59.4 Å². The van der Waals surface area contributed by atoms with Gasteiger partial charge in [0.25, 0.3) is 0 Å². The van der Waals surface area contributed by atoms with Gasteiger partial charge in [0.05, 0.1) is 24.0 Å². The molecule has 186 valence electrons. The van der Waals surface area contributed by atoms with E-state index >= 15 is 0 Å². The van der Waals surface area contributed by atoms with Crippen molar-refractivity contribution in [3.05, 3.63) is 95.6 Å². The molecule has 4 rings (SSSR count). The quantitative estimate of drug-likeness (QED) is 0.246. The molecule has 1 aromatic heterocycles. The molecule has 1 heterocycles. The van der Waals surface area contributed by atoms with E-state index in [1.807, 2.05) is 38.1 Å². The van der Waals surface area contributed by atoms with Gasteiger partial charge < -0.3 is 9.42 Å². The lowest BCUT2D eigenvalue weighted by Gasteiger charge is -2.15. The number of fused-ring (bicyclic) bond motifs is 1. The Balaban J connectivity index is 1.69. The van der Waals surface area contributed by atoms with Crippen molar-refractivity contribution in [1.82, 2.24) is 4.98 Å². The minimum absolute atomic E-state index is 0.0350. The number of halogens is 2. The number of aryl methyl sites for hydroxylation is 1. The Morgan fingerprint density at radius 1 is 1.06 bits per heavy atom. The summed E-state index contributed by atoms with van der Waals surface area (Å²) in [7, 11) is -3.66. The molecule has 0 radical (unpaired) electrons. The summed E-state index contributed by atoms with van der Waals surface area (Å²) in [6.07, 6.45) is 0.260. The summed E-state index contributed by atoms with van der Waals surface area (Å²) >= 11 is 0. The summed E-state index contributed by atoms with van der Waals surface area (Å²) in [4.78, 5) is 14.6. The number of benzene rings is 3. The van der Waals surface area contributed by atoms with Gasteiger partial charge >= 0.3 is 7.60 Å². The smallest absolute Gasteiger partial charge is 0.324 e. The van der Waals surface area contributed by atoms with Crippen molar-refractivity contribution < 1.29 is 22.8 Å². The minimum atomic E-state index is -3.66. The molecular weight excluding hydrogens is 479 g/mol. The number of rotatable bonds is 8. The zero-order valence-electron chi connectivity index (χ0n) is 20.5. The minimum Gasteiger partial charge on any atom is -0.324 e. The van der Waals surface area contributed by atoms with Crippen LogP contribution in [-0.4, -0.2) is 22.6 Å². The Bertz CT molecular complexity index is 1500. The predicted molar refractivity (Wildman–Crippen MR) is 142 cm³/mol. The lowest BCUT2D eigenvalue weighted by Crippen LogP contribution is -1.99. The summed E-state index contributed by atoms with van der Waals surface area (Å²) in [6.45, 7) is 9.73. The average molecular weight is 508 g/mol. The van der Waals surface area contributed by atoms with E-state index in [1.165, 1.54) is 18.2 Å². The fourth-order valence-corrected chi connectivity index (χ4v) is 5.53. The first-order valence-corrected chi connectivity index (χ1v) is 13.5. The van der Waals surface area contributed by atoms with Gasteiger partial charge in [0.15, 0.2) is 0 Å². The second-order valence-electron chi connectivity index (χ2n) is 8.82. The maximum absolute atomic E-state index is 14.7. The maximum atomic E-state index is 14.7. The molecule has 0 spiro atoms. The molecule has 0 saturated heterocycles. The number of hydrogen-bond donors (Lipinski definition) is 1. The van der Waals surface area contributed by atoms with Gasteiger partial charge in [-0.05, 0) is 79.8 Å². The van der Waals surface area contributed by atoms with Crippen LogP contribution in [0.15, 0.2) is 67.2 Å². The Hall–Kier alpha value is -3.18. The van der Waals surface area contributed by atoms with Crippen LogP contribution in [0.2, 0.25) is 0 Å². The Morgan fingerprint density at radius 3 is 2.42 bits per heavy atom. The number of nitrogens with zero attached hydrogens (tertiary/aromatic N) is 1. The standard InChI is InChI=1S/C29H28F2NO3P/c1-5-35-36(33,34)15-14-20-6-12-26(31)24(16-20)21-7-9-22(10-8-21)29-19(4)28(18(2)3)25-17-23(30)11-13-27(25)32-29/h6-13,16-17H,2,5,14-15H2,1,3-4H3,(H,33,34). The molecule has 0 aliphatic carbocycles. The van der Waals surface area contributed by atoms with Gasteiger partial charge in [0, 0.05) is 16.5 Å². The molecule has 0 fully saturated rings. The molecule has 3 aromatic carbocycles. The number of allylic oxidation sites excluding steroid dienone is 1. The zero-order chi connectivity index (χ0) is 26.0. The Morgan fingerprint density at radius 2 is 1.75 bits per heavy atom. The van der Waals surface area contributed by atoms with Gasteiger partial charge in [-0.1, -0.05) is 42.5 Å². The average Bonchev–Trinajstić information content (AvgIpc) is 2.83. The molecule has 0 aliphatic rings. The highest BCUT2D eigenvalue weighted by Gasteiger charge is 2.19. The summed E-state index contributed by atoms with van der Waals surface area (Å²) in [6, 6.07) is 16.6. The van der Waals surface area contributed by atoms with Crippen LogP contribution in [0, 0.1) is 18.6 Å². The van der Waals surface area contributed by atoms with Crippen molar-refractivity contribution in [1.29, 1.82) is 0 Å². The predicted octanol–water partition coefficient (Wildman–Crippen LogP) is 7.95. The third-order valence-electron chi connectivity index (χ3n) is 6.13. The van der Waals surface area contributed by atoms with Gasteiger partial charge in [-0.3, -0.25) is 4.57 Å². The molecule has 4 nitrogen and oxygen atoms in total. The SMILES string of the molecule is C=C(C)c1c(C)c(-c2ccc(-c3cc(CCP(=O)(O)OCC)ccc3F)cc2)nc2ccc(F)cc12. The number of hydrogen-bond acceptors (Lipinski definition) is 3. The summed E-state index contributed by atoms with van der Waals surface area (Å²) < 4.78 is 45.5. The monoisotopic (exact) mass is 507 g/mol. The van der Waals surface area contributed by atoms with Gasteiger partial charge in [0.2, 0.25) is 0 Å². The van der Waals surface area contributed by atoms with Crippen LogP contribution in [0.1, 0.15) is 30.5 Å². The van der Waals surface area contributed by atoms with E-state index in [-0.39, 0.29) is 24.4 Å². The van der Waals surface area contributed by atoms with Crippen LogP contribution in [0.3, 0.4) is 0 Å². The molecule has 0 aliphatic heterocycles. The van der Waals surface area contributed by atoms with Gasteiger partial charge in [0.1, 0.15) is 11.6 Å². The first-order chi connectivity index (χ1) is 17.1.